The van der Waals surface area contributed by atoms with Crippen LogP contribution in [0, 0.1) is 0 Å². The topological polar surface area (TPSA) is 17.8 Å². The van der Waals surface area contributed by atoms with Crippen LogP contribution >= 0.6 is 27.5 Å². The molecule has 2 nitrogen and oxygen atoms in total. The molecule has 1 aromatic heterocycles. The molecule has 1 unspecified atom stereocenters. The third-order valence-electron chi connectivity index (χ3n) is 4.22. The SMILES string of the molecule is CC(Cl)c1nc2cc(Br)ccc2n1C1CCCCCC1. The lowest BCUT2D eigenvalue weighted by Crippen LogP contribution is -2.12. The molecule has 0 amide bonds. The van der Waals surface area contributed by atoms with E-state index in [0.29, 0.717) is 6.04 Å². The molecule has 20 heavy (non-hydrogen) atoms. The molecule has 0 saturated heterocycles. The number of nitrogens with zero attached hydrogens (tertiary/aromatic N) is 2. The van der Waals surface area contributed by atoms with Gasteiger partial charge in [-0.05, 0) is 38.0 Å². The van der Waals surface area contributed by atoms with Gasteiger partial charge in [-0.1, -0.05) is 41.6 Å². The highest BCUT2D eigenvalue weighted by Gasteiger charge is 2.22. The van der Waals surface area contributed by atoms with Gasteiger partial charge in [0.2, 0.25) is 0 Å². The Morgan fingerprint density at radius 2 is 1.95 bits per heavy atom. The van der Waals surface area contributed by atoms with Gasteiger partial charge in [0.05, 0.1) is 16.4 Å². The molecule has 1 heterocycles. The van der Waals surface area contributed by atoms with Gasteiger partial charge < -0.3 is 4.57 Å². The first-order chi connectivity index (χ1) is 9.66. The van der Waals surface area contributed by atoms with Gasteiger partial charge in [0.15, 0.2) is 0 Å². The molecule has 1 fully saturated rings. The van der Waals surface area contributed by atoms with Crippen LogP contribution < -0.4 is 0 Å². The largest absolute Gasteiger partial charge is 0.324 e. The second-order valence-corrected chi connectivity index (χ2v) is 7.30. The van der Waals surface area contributed by atoms with Crippen LogP contribution in [-0.2, 0) is 0 Å². The molecule has 2 aromatic rings. The highest BCUT2D eigenvalue weighted by Crippen LogP contribution is 2.35. The van der Waals surface area contributed by atoms with Crippen LogP contribution in [0.15, 0.2) is 22.7 Å². The molecule has 0 aliphatic heterocycles. The van der Waals surface area contributed by atoms with Crippen molar-refractivity contribution in [1.82, 2.24) is 9.55 Å². The van der Waals surface area contributed by atoms with Gasteiger partial charge in [-0.3, -0.25) is 0 Å². The molecule has 1 atom stereocenters. The van der Waals surface area contributed by atoms with Crippen molar-refractivity contribution < 1.29 is 0 Å². The Bertz CT molecular complexity index is 598. The number of fused-ring (bicyclic) bond motifs is 1. The van der Waals surface area contributed by atoms with Crippen molar-refractivity contribution in [2.24, 2.45) is 0 Å². The van der Waals surface area contributed by atoms with Crippen molar-refractivity contribution in [2.45, 2.75) is 56.9 Å². The summed E-state index contributed by atoms with van der Waals surface area (Å²) in [6.07, 6.45) is 7.85. The summed E-state index contributed by atoms with van der Waals surface area (Å²) in [6, 6.07) is 6.91. The Morgan fingerprint density at radius 1 is 1.25 bits per heavy atom. The smallest absolute Gasteiger partial charge is 0.127 e. The molecular weight excluding hydrogens is 336 g/mol. The summed E-state index contributed by atoms with van der Waals surface area (Å²) < 4.78 is 3.48. The van der Waals surface area contributed by atoms with Crippen LogP contribution in [0.1, 0.15) is 62.7 Å². The maximum atomic E-state index is 6.38. The zero-order valence-electron chi connectivity index (χ0n) is 11.8. The first-order valence-corrected chi connectivity index (χ1v) is 8.71. The maximum Gasteiger partial charge on any atom is 0.127 e. The molecule has 4 heteroatoms. The van der Waals surface area contributed by atoms with Gasteiger partial charge in [-0.15, -0.1) is 11.6 Å². The summed E-state index contributed by atoms with van der Waals surface area (Å²) in [6.45, 7) is 2.02. The van der Waals surface area contributed by atoms with E-state index in [-0.39, 0.29) is 5.38 Å². The number of rotatable bonds is 2. The Labute approximate surface area is 133 Å². The van der Waals surface area contributed by atoms with E-state index in [4.69, 9.17) is 16.6 Å². The van der Waals surface area contributed by atoms with Crippen molar-refractivity contribution in [3.05, 3.63) is 28.5 Å². The highest BCUT2D eigenvalue weighted by atomic mass is 79.9. The average molecular weight is 356 g/mol. The van der Waals surface area contributed by atoms with Crippen molar-refractivity contribution in [1.29, 1.82) is 0 Å². The third kappa shape index (κ3) is 2.75. The lowest BCUT2D eigenvalue weighted by atomic mass is 10.1. The molecule has 0 spiro atoms. The van der Waals surface area contributed by atoms with Crippen LogP contribution in [0.25, 0.3) is 11.0 Å². The van der Waals surface area contributed by atoms with Crippen molar-refractivity contribution in [3.8, 4) is 0 Å². The molecule has 0 radical (unpaired) electrons. The van der Waals surface area contributed by atoms with Crippen LogP contribution in [0.3, 0.4) is 0 Å². The first kappa shape index (κ1) is 14.4. The van der Waals surface area contributed by atoms with Crippen LogP contribution in [0.2, 0.25) is 0 Å². The van der Waals surface area contributed by atoms with Gasteiger partial charge in [0, 0.05) is 10.5 Å². The fourth-order valence-electron chi connectivity index (χ4n) is 3.27. The minimum atomic E-state index is -0.0515. The monoisotopic (exact) mass is 354 g/mol. The quantitative estimate of drug-likeness (QED) is 0.477. The number of aromatic nitrogens is 2. The van der Waals surface area contributed by atoms with E-state index >= 15 is 0 Å². The van der Waals surface area contributed by atoms with Crippen molar-refractivity contribution in [2.75, 3.05) is 0 Å². The number of alkyl halides is 1. The predicted octanol–water partition coefficient (Wildman–Crippen LogP) is 5.99. The van der Waals surface area contributed by atoms with Crippen molar-refractivity contribution >= 4 is 38.6 Å². The minimum Gasteiger partial charge on any atom is -0.324 e. The van der Waals surface area contributed by atoms with Crippen LogP contribution in [0.5, 0.6) is 0 Å². The van der Waals surface area contributed by atoms with E-state index in [1.807, 2.05) is 6.92 Å². The highest BCUT2D eigenvalue weighted by molar-refractivity contribution is 9.10. The molecule has 1 aliphatic rings. The standard InChI is InChI=1S/C16H20BrClN2/c1-11(18)16-19-14-10-12(17)8-9-15(14)20(16)13-6-4-2-3-5-7-13/h8-11,13H,2-7H2,1H3. The first-order valence-electron chi connectivity index (χ1n) is 7.48. The second-order valence-electron chi connectivity index (χ2n) is 5.73. The lowest BCUT2D eigenvalue weighted by Gasteiger charge is -2.21. The molecular formula is C16H20BrClN2. The summed E-state index contributed by atoms with van der Waals surface area (Å²) in [5.74, 6) is 1.02. The van der Waals surface area contributed by atoms with E-state index in [9.17, 15) is 0 Å². The fraction of sp³-hybridized carbons (Fsp3) is 0.562. The Balaban J connectivity index is 2.12. The zero-order valence-corrected chi connectivity index (χ0v) is 14.1. The van der Waals surface area contributed by atoms with E-state index in [1.54, 1.807) is 0 Å². The summed E-state index contributed by atoms with van der Waals surface area (Å²) in [5.41, 5.74) is 2.27. The van der Waals surface area contributed by atoms with Gasteiger partial charge in [0.1, 0.15) is 5.82 Å². The second kappa shape index (κ2) is 6.07. The third-order valence-corrected chi connectivity index (χ3v) is 4.91. The number of hydrogen-bond acceptors (Lipinski definition) is 1. The Morgan fingerprint density at radius 3 is 2.60 bits per heavy atom. The van der Waals surface area contributed by atoms with Crippen molar-refractivity contribution in [3.63, 3.8) is 0 Å². The minimum absolute atomic E-state index is 0.0515. The molecule has 0 bridgehead atoms. The Kier molecular flexibility index (Phi) is 4.37. The number of hydrogen-bond donors (Lipinski definition) is 0. The molecule has 0 N–H and O–H groups in total. The van der Waals surface area contributed by atoms with E-state index in [2.05, 4.69) is 38.7 Å². The summed E-state index contributed by atoms with van der Waals surface area (Å²) >= 11 is 9.91. The zero-order chi connectivity index (χ0) is 14.1. The number of imidazole rings is 1. The average Bonchev–Trinajstić information content (AvgIpc) is 2.59. The number of halogens is 2. The van der Waals surface area contributed by atoms with E-state index in [0.717, 1.165) is 15.8 Å². The fourth-order valence-corrected chi connectivity index (χ4v) is 3.77. The van der Waals surface area contributed by atoms with Gasteiger partial charge in [-0.25, -0.2) is 4.98 Å². The number of benzene rings is 1. The summed E-state index contributed by atoms with van der Waals surface area (Å²) in [7, 11) is 0. The van der Waals surface area contributed by atoms with Crippen LogP contribution in [0.4, 0.5) is 0 Å². The van der Waals surface area contributed by atoms with E-state index < -0.39 is 0 Å². The maximum absolute atomic E-state index is 6.38. The molecule has 3 rings (SSSR count). The normalized spacial score (nSPS) is 19.1. The van der Waals surface area contributed by atoms with E-state index in [1.165, 1.54) is 44.0 Å². The van der Waals surface area contributed by atoms with Crippen LogP contribution in [-0.4, -0.2) is 9.55 Å². The van der Waals surface area contributed by atoms with Gasteiger partial charge in [0.25, 0.3) is 0 Å². The Hall–Kier alpha value is -0.540. The molecule has 108 valence electrons. The lowest BCUT2D eigenvalue weighted by molar-refractivity contribution is 0.440. The molecule has 1 saturated carbocycles. The van der Waals surface area contributed by atoms with Gasteiger partial charge >= 0.3 is 0 Å². The van der Waals surface area contributed by atoms with Gasteiger partial charge in [-0.2, -0.15) is 0 Å². The summed E-state index contributed by atoms with van der Waals surface area (Å²) in [4.78, 5) is 4.78. The predicted molar refractivity (Wildman–Crippen MR) is 88.4 cm³/mol. The summed E-state index contributed by atoms with van der Waals surface area (Å²) in [5, 5.41) is -0.0515. The molecule has 1 aromatic carbocycles. The molecule has 1 aliphatic carbocycles.